The maximum absolute atomic E-state index is 3.58. The van der Waals surface area contributed by atoms with Crippen LogP contribution in [0.25, 0.3) is 0 Å². The van der Waals surface area contributed by atoms with E-state index in [0.717, 1.165) is 19.0 Å². The third-order valence-corrected chi connectivity index (χ3v) is 3.60. The van der Waals surface area contributed by atoms with Crippen molar-refractivity contribution in [2.45, 2.75) is 45.1 Å². The van der Waals surface area contributed by atoms with E-state index in [-0.39, 0.29) is 0 Å². The van der Waals surface area contributed by atoms with E-state index in [0.29, 0.717) is 0 Å². The summed E-state index contributed by atoms with van der Waals surface area (Å²) in [6, 6.07) is 9.52. The van der Waals surface area contributed by atoms with Crippen LogP contribution in [0.3, 0.4) is 0 Å². The maximum Gasteiger partial charge on any atom is 0.0340 e. The van der Waals surface area contributed by atoms with E-state index < -0.39 is 0 Å². The number of benzene rings is 1. The molecule has 0 saturated carbocycles. The SMILES string of the molecule is CCc1ccc(NCCC2CCCCN2)cc1. The van der Waals surface area contributed by atoms with Crippen molar-refractivity contribution < 1.29 is 0 Å². The predicted molar refractivity (Wildman–Crippen MR) is 74.6 cm³/mol. The van der Waals surface area contributed by atoms with Gasteiger partial charge in [0.2, 0.25) is 0 Å². The Balaban J connectivity index is 1.69. The summed E-state index contributed by atoms with van der Waals surface area (Å²) in [6.07, 6.45) is 6.43. The van der Waals surface area contributed by atoms with Gasteiger partial charge in [0, 0.05) is 18.3 Å². The molecule has 1 atom stereocenters. The molecule has 1 aliphatic rings. The molecule has 17 heavy (non-hydrogen) atoms. The van der Waals surface area contributed by atoms with E-state index in [1.807, 2.05) is 0 Å². The van der Waals surface area contributed by atoms with Gasteiger partial charge in [-0.1, -0.05) is 25.5 Å². The van der Waals surface area contributed by atoms with Crippen molar-refractivity contribution in [1.29, 1.82) is 0 Å². The average Bonchev–Trinajstić information content (AvgIpc) is 2.41. The Labute approximate surface area is 105 Å². The molecule has 0 radical (unpaired) electrons. The second-order valence-corrected chi connectivity index (χ2v) is 4.91. The van der Waals surface area contributed by atoms with Gasteiger partial charge < -0.3 is 10.6 Å². The van der Waals surface area contributed by atoms with E-state index in [4.69, 9.17) is 0 Å². The summed E-state index contributed by atoms with van der Waals surface area (Å²) in [5.74, 6) is 0. The number of hydrogen-bond donors (Lipinski definition) is 2. The van der Waals surface area contributed by atoms with E-state index in [9.17, 15) is 0 Å². The number of rotatable bonds is 5. The highest BCUT2D eigenvalue weighted by atomic mass is 14.9. The van der Waals surface area contributed by atoms with Crippen molar-refractivity contribution in [2.75, 3.05) is 18.4 Å². The Morgan fingerprint density at radius 2 is 2.06 bits per heavy atom. The van der Waals surface area contributed by atoms with Crippen molar-refractivity contribution in [1.82, 2.24) is 5.32 Å². The third-order valence-electron chi connectivity index (χ3n) is 3.60. The summed E-state index contributed by atoms with van der Waals surface area (Å²) in [6.45, 7) is 4.47. The lowest BCUT2D eigenvalue weighted by Gasteiger charge is -2.23. The predicted octanol–water partition coefficient (Wildman–Crippen LogP) is 3.19. The number of piperidine rings is 1. The summed E-state index contributed by atoms with van der Waals surface area (Å²) in [5, 5.41) is 7.09. The summed E-state index contributed by atoms with van der Waals surface area (Å²) in [4.78, 5) is 0. The highest BCUT2D eigenvalue weighted by Gasteiger charge is 2.11. The maximum atomic E-state index is 3.58. The Bertz CT molecular complexity index is 312. The standard InChI is InChI=1S/C15H24N2/c1-2-13-6-8-15(9-7-13)17-12-10-14-5-3-4-11-16-14/h6-9,14,16-17H,2-5,10-12H2,1H3. The third kappa shape index (κ3) is 4.04. The van der Waals surface area contributed by atoms with Gasteiger partial charge in [0.05, 0.1) is 0 Å². The van der Waals surface area contributed by atoms with Crippen molar-refractivity contribution in [3.8, 4) is 0 Å². The van der Waals surface area contributed by atoms with Gasteiger partial charge in [0.1, 0.15) is 0 Å². The Hall–Kier alpha value is -1.02. The van der Waals surface area contributed by atoms with Crippen LogP contribution in [0.2, 0.25) is 0 Å². The first kappa shape index (κ1) is 12.4. The second-order valence-electron chi connectivity index (χ2n) is 4.91. The number of nitrogens with one attached hydrogen (secondary N) is 2. The fraction of sp³-hybridized carbons (Fsp3) is 0.600. The van der Waals surface area contributed by atoms with Crippen LogP contribution in [0.5, 0.6) is 0 Å². The molecule has 2 nitrogen and oxygen atoms in total. The fourth-order valence-corrected chi connectivity index (χ4v) is 2.42. The molecule has 2 rings (SSSR count). The van der Waals surface area contributed by atoms with Crippen LogP contribution >= 0.6 is 0 Å². The average molecular weight is 232 g/mol. The van der Waals surface area contributed by atoms with Gasteiger partial charge in [0.15, 0.2) is 0 Å². The van der Waals surface area contributed by atoms with Gasteiger partial charge in [-0.2, -0.15) is 0 Å². The van der Waals surface area contributed by atoms with Gasteiger partial charge in [-0.15, -0.1) is 0 Å². The normalized spacial score (nSPS) is 20.2. The minimum absolute atomic E-state index is 0.728. The van der Waals surface area contributed by atoms with Crippen LogP contribution in [0.15, 0.2) is 24.3 Å². The van der Waals surface area contributed by atoms with Gasteiger partial charge in [-0.25, -0.2) is 0 Å². The lowest BCUT2D eigenvalue weighted by atomic mass is 10.0. The molecule has 0 amide bonds. The van der Waals surface area contributed by atoms with E-state index in [1.165, 1.54) is 43.5 Å². The number of anilines is 1. The van der Waals surface area contributed by atoms with Gasteiger partial charge in [-0.05, 0) is 49.9 Å². The molecular weight excluding hydrogens is 208 g/mol. The zero-order valence-corrected chi connectivity index (χ0v) is 10.8. The molecule has 1 unspecified atom stereocenters. The minimum Gasteiger partial charge on any atom is -0.385 e. The molecule has 1 aromatic rings. The fourth-order valence-electron chi connectivity index (χ4n) is 2.42. The molecule has 0 spiro atoms. The molecule has 1 heterocycles. The molecular formula is C15H24N2. The Kier molecular flexibility index (Phi) is 4.87. The van der Waals surface area contributed by atoms with Crippen molar-refractivity contribution >= 4 is 5.69 Å². The highest BCUT2D eigenvalue weighted by molar-refractivity contribution is 5.44. The van der Waals surface area contributed by atoms with E-state index in [1.54, 1.807) is 0 Å². The van der Waals surface area contributed by atoms with E-state index in [2.05, 4.69) is 41.8 Å². The van der Waals surface area contributed by atoms with Gasteiger partial charge >= 0.3 is 0 Å². The quantitative estimate of drug-likeness (QED) is 0.814. The molecule has 1 fully saturated rings. The summed E-state index contributed by atoms with van der Waals surface area (Å²) in [5.41, 5.74) is 2.66. The van der Waals surface area contributed by atoms with Crippen LogP contribution in [0.1, 0.15) is 38.2 Å². The van der Waals surface area contributed by atoms with E-state index >= 15 is 0 Å². The summed E-state index contributed by atoms with van der Waals surface area (Å²) < 4.78 is 0. The van der Waals surface area contributed by atoms with Crippen LogP contribution in [0, 0.1) is 0 Å². The molecule has 1 aromatic carbocycles. The topological polar surface area (TPSA) is 24.1 Å². The lowest BCUT2D eigenvalue weighted by molar-refractivity contribution is 0.389. The molecule has 0 bridgehead atoms. The molecule has 94 valence electrons. The van der Waals surface area contributed by atoms with Crippen LogP contribution in [-0.4, -0.2) is 19.1 Å². The largest absolute Gasteiger partial charge is 0.385 e. The van der Waals surface area contributed by atoms with Crippen molar-refractivity contribution in [3.05, 3.63) is 29.8 Å². The van der Waals surface area contributed by atoms with Crippen molar-refractivity contribution in [2.24, 2.45) is 0 Å². The number of hydrogen-bond acceptors (Lipinski definition) is 2. The molecule has 0 aromatic heterocycles. The first-order valence-corrected chi connectivity index (χ1v) is 6.94. The Morgan fingerprint density at radius 1 is 1.24 bits per heavy atom. The monoisotopic (exact) mass is 232 g/mol. The lowest BCUT2D eigenvalue weighted by Crippen LogP contribution is -2.35. The van der Waals surface area contributed by atoms with Crippen LogP contribution in [-0.2, 0) is 6.42 Å². The molecule has 0 aliphatic carbocycles. The second kappa shape index (κ2) is 6.65. The number of aryl methyl sites for hydroxylation is 1. The minimum atomic E-state index is 0.728. The summed E-state index contributed by atoms with van der Waals surface area (Å²) >= 11 is 0. The van der Waals surface area contributed by atoms with Gasteiger partial charge in [0.25, 0.3) is 0 Å². The zero-order valence-electron chi connectivity index (χ0n) is 10.8. The Morgan fingerprint density at radius 3 is 2.71 bits per heavy atom. The molecule has 1 saturated heterocycles. The zero-order chi connectivity index (χ0) is 11.9. The van der Waals surface area contributed by atoms with Crippen LogP contribution in [0.4, 0.5) is 5.69 Å². The highest BCUT2D eigenvalue weighted by Crippen LogP contribution is 2.12. The molecule has 2 N–H and O–H groups in total. The first-order chi connectivity index (χ1) is 8.38. The van der Waals surface area contributed by atoms with Crippen LogP contribution < -0.4 is 10.6 Å². The molecule has 1 aliphatic heterocycles. The van der Waals surface area contributed by atoms with Gasteiger partial charge in [-0.3, -0.25) is 0 Å². The summed E-state index contributed by atoms with van der Waals surface area (Å²) in [7, 11) is 0. The van der Waals surface area contributed by atoms with Crippen molar-refractivity contribution in [3.63, 3.8) is 0 Å². The first-order valence-electron chi connectivity index (χ1n) is 6.94. The smallest absolute Gasteiger partial charge is 0.0340 e. The molecule has 2 heteroatoms.